The number of likely N-dealkylation sites (tertiary alicyclic amines) is 1. The average Bonchev–Trinajstić information content (AvgIpc) is 2.76. The zero-order valence-corrected chi connectivity index (χ0v) is 19.1. The van der Waals surface area contributed by atoms with Gasteiger partial charge < -0.3 is 19.3 Å². The van der Waals surface area contributed by atoms with Gasteiger partial charge in [-0.25, -0.2) is 14.0 Å². The van der Waals surface area contributed by atoms with E-state index in [9.17, 15) is 14.0 Å². The lowest BCUT2D eigenvalue weighted by atomic mass is 9.91. The van der Waals surface area contributed by atoms with Crippen molar-refractivity contribution in [3.63, 3.8) is 0 Å². The molecule has 32 heavy (non-hydrogen) atoms. The second-order valence-electron chi connectivity index (χ2n) is 9.04. The van der Waals surface area contributed by atoms with Crippen LogP contribution in [0, 0.1) is 5.82 Å². The van der Waals surface area contributed by atoms with Crippen LogP contribution in [-0.2, 0) is 16.1 Å². The summed E-state index contributed by atoms with van der Waals surface area (Å²) in [5.41, 5.74) is 0.674. The van der Waals surface area contributed by atoms with Crippen LogP contribution < -0.4 is 0 Å². The zero-order chi connectivity index (χ0) is 23.3. The van der Waals surface area contributed by atoms with Gasteiger partial charge in [0.2, 0.25) is 0 Å². The van der Waals surface area contributed by atoms with Crippen molar-refractivity contribution < 1.29 is 23.5 Å². The Labute approximate surface area is 188 Å². The summed E-state index contributed by atoms with van der Waals surface area (Å²) in [6.45, 7) is 5.91. The Kier molecular flexibility index (Phi) is 7.38. The molecule has 2 aromatic carbocycles. The van der Waals surface area contributed by atoms with Crippen molar-refractivity contribution >= 4 is 12.2 Å². The molecule has 1 saturated heterocycles. The van der Waals surface area contributed by atoms with E-state index < -0.39 is 23.8 Å². The molecule has 1 fully saturated rings. The Bertz CT molecular complexity index is 929. The van der Waals surface area contributed by atoms with Gasteiger partial charge in [0.15, 0.2) is 0 Å². The van der Waals surface area contributed by atoms with Crippen LogP contribution in [0.2, 0.25) is 0 Å². The molecular weight excluding hydrogens is 411 g/mol. The maximum atomic E-state index is 14.7. The first-order valence-corrected chi connectivity index (χ1v) is 10.8. The van der Waals surface area contributed by atoms with Gasteiger partial charge in [-0.15, -0.1) is 0 Å². The van der Waals surface area contributed by atoms with Crippen LogP contribution in [0.5, 0.6) is 0 Å². The number of piperidine rings is 1. The van der Waals surface area contributed by atoms with Gasteiger partial charge in [0.25, 0.3) is 0 Å². The van der Waals surface area contributed by atoms with Gasteiger partial charge >= 0.3 is 12.2 Å². The van der Waals surface area contributed by atoms with Crippen LogP contribution >= 0.6 is 0 Å². The number of carbonyl (C=O) groups excluding carboxylic acids is 2. The molecule has 0 bridgehead atoms. The molecule has 1 aliphatic rings. The van der Waals surface area contributed by atoms with Gasteiger partial charge in [0, 0.05) is 25.2 Å². The predicted octanol–water partition coefficient (Wildman–Crippen LogP) is 5.53. The standard InChI is InChI=1S/C25H31FN2O4/c1-25(2,3)32-23(29)27(4)19-14-15-28(22(16-19)20-12-8-9-13-21(20)26)24(30)31-17-18-10-6-5-7-11-18/h5-13,19,22H,14-17H2,1-4H3/t19-,22+/m1/s1. The summed E-state index contributed by atoms with van der Waals surface area (Å²) in [6, 6.07) is 15.1. The third kappa shape index (κ3) is 5.99. The van der Waals surface area contributed by atoms with Crippen molar-refractivity contribution in [1.29, 1.82) is 0 Å². The molecule has 0 unspecified atom stereocenters. The summed E-state index contributed by atoms with van der Waals surface area (Å²) in [4.78, 5) is 28.6. The molecule has 0 radical (unpaired) electrons. The first kappa shape index (κ1) is 23.6. The van der Waals surface area contributed by atoms with E-state index in [1.807, 2.05) is 51.1 Å². The molecule has 172 valence electrons. The van der Waals surface area contributed by atoms with E-state index in [1.165, 1.54) is 6.07 Å². The predicted molar refractivity (Wildman–Crippen MR) is 119 cm³/mol. The van der Waals surface area contributed by atoms with E-state index in [0.717, 1.165) is 5.56 Å². The van der Waals surface area contributed by atoms with E-state index >= 15 is 0 Å². The fraction of sp³-hybridized carbons (Fsp3) is 0.440. The van der Waals surface area contributed by atoms with Crippen molar-refractivity contribution in [3.8, 4) is 0 Å². The molecule has 1 heterocycles. The fourth-order valence-electron chi connectivity index (χ4n) is 3.84. The van der Waals surface area contributed by atoms with Crippen LogP contribution in [0.4, 0.5) is 14.0 Å². The molecule has 3 rings (SSSR count). The third-order valence-corrected chi connectivity index (χ3v) is 5.51. The van der Waals surface area contributed by atoms with E-state index in [-0.39, 0.29) is 18.5 Å². The number of hydrogen-bond donors (Lipinski definition) is 0. The first-order chi connectivity index (χ1) is 15.2. The van der Waals surface area contributed by atoms with Gasteiger partial charge in [-0.1, -0.05) is 48.5 Å². The largest absolute Gasteiger partial charge is 0.445 e. The fourth-order valence-corrected chi connectivity index (χ4v) is 3.84. The Morgan fingerprint density at radius 1 is 1.09 bits per heavy atom. The number of benzene rings is 2. The van der Waals surface area contributed by atoms with Crippen molar-refractivity contribution in [2.45, 2.75) is 57.9 Å². The lowest BCUT2D eigenvalue weighted by molar-refractivity contribution is 0.00720. The Morgan fingerprint density at radius 2 is 1.75 bits per heavy atom. The number of carbonyl (C=O) groups is 2. The van der Waals surface area contributed by atoms with Crippen molar-refractivity contribution in [2.24, 2.45) is 0 Å². The average molecular weight is 443 g/mol. The Morgan fingerprint density at radius 3 is 2.41 bits per heavy atom. The van der Waals surface area contributed by atoms with E-state index in [0.29, 0.717) is 24.9 Å². The summed E-state index contributed by atoms with van der Waals surface area (Å²) in [5, 5.41) is 0. The van der Waals surface area contributed by atoms with E-state index in [4.69, 9.17) is 9.47 Å². The second-order valence-corrected chi connectivity index (χ2v) is 9.04. The highest BCUT2D eigenvalue weighted by molar-refractivity contribution is 5.70. The lowest BCUT2D eigenvalue weighted by Crippen LogP contribution is -2.50. The third-order valence-electron chi connectivity index (χ3n) is 5.51. The highest BCUT2D eigenvalue weighted by Gasteiger charge is 2.38. The molecule has 2 aromatic rings. The molecule has 0 aliphatic carbocycles. The van der Waals surface area contributed by atoms with Gasteiger partial charge in [0.1, 0.15) is 18.0 Å². The van der Waals surface area contributed by atoms with Gasteiger partial charge in [-0.3, -0.25) is 0 Å². The van der Waals surface area contributed by atoms with E-state index in [1.54, 1.807) is 35.0 Å². The molecule has 1 aliphatic heterocycles. The number of rotatable bonds is 4. The van der Waals surface area contributed by atoms with Crippen molar-refractivity contribution in [3.05, 3.63) is 71.5 Å². The molecule has 0 spiro atoms. The summed E-state index contributed by atoms with van der Waals surface area (Å²) in [7, 11) is 1.68. The maximum absolute atomic E-state index is 14.7. The van der Waals surface area contributed by atoms with Crippen LogP contribution in [0.1, 0.15) is 50.8 Å². The van der Waals surface area contributed by atoms with Crippen molar-refractivity contribution in [2.75, 3.05) is 13.6 Å². The van der Waals surface area contributed by atoms with Crippen LogP contribution in [0.25, 0.3) is 0 Å². The van der Waals surface area contributed by atoms with Crippen LogP contribution in [-0.4, -0.2) is 47.2 Å². The van der Waals surface area contributed by atoms with Gasteiger partial charge in [-0.05, 0) is 45.2 Å². The molecule has 6 nitrogen and oxygen atoms in total. The molecular formula is C25H31FN2O4. The number of nitrogens with zero attached hydrogens (tertiary/aromatic N) is 2. The monoisotopic (exact) mass is 442 g/mol. The van der Waals surface area contributed by atoms with Gasteiger partial charge in [0.05, 0.1) is 6.04 Å². The molecule has 0 saturated carbocycles. The minimum Gasteiger partial charge on any atom is -0.445 e. The highest BCUT2D eigenvalue weighted by Crippen LogP contribution is 2.35. The highest BCUT2D eigenvalue weighted by atomic mass is 19.1. The zero-order valence-electron chi connectivity index (χ0n) is 19.1. The smallest absolute Gasteiger partial charge is 0.410 e. The molecule has 0 N–H and O–H groups in total. The molecule has 2 atom stereocenters. The number of hydrogen-bond acceptors (Lipinski definition) is 4. The number of amides is 2. The normalized spacial score (nSPS) is 18.7. The second kappa shape index (κ2) is 10.0. The minimum absolute atomic E-state index is 0.140. The molecule has 7 heteroatoms. The summed E-state index contributed by atoms with van der Waals surface area (Å²) in [5.74, 6) is -0.390. The SMILES string of the molecule is CN(C(=O)OC(C)(C)C)[C@@H]1CCN(C(=O)OCc2ccccc2)[C@H](c2ccccc2F)C1. The molecule has 0 aromatic heterocycles. The maximum Gasteiger partial charge on any atom is 0.410 e. The number of halogens is 1. The quantitative estimate of drug-likeness (QED) is 0.624. The summed E-state index contributed by atoms with van der Waals surface area (Å²) in [6.07, 6.45) is -0.00603. The number of ether oxygens (including phenoxy) is 2. The van der Waals surface area contributed by atoms with Gasteiger partial charge in [-0.2, -0.15) is 0 Å². The topological polar surface area (TPSA) is 59.1 Å². The summed E-state index contributed by atoms with van der Waals surface area (Å²) >= 11 is 0. The first-order valence-electron chi connectivity index (χ1n) is 10.8. The minimum atomic E-state index is -0.613. The van der Waals surface area contributed by atoms with Crippen molar-refractivity contribution in [1.82, 2.24) is 9.80 Å². The molecule has 2 amide bonds. The Balaban J connectivity index is 1.77. The summed E-state index contributed by atoms with van der Waals surface area (Å²) < 4.78 is 25.7. The van der Waals surface area contributed by atoms with Crippen LogP contribution in [0.15, 0.2) is 54.6 Å². The lowest BCUT2D eigenvalue weighted by Gasteiger charge is -2.42. The van der Waals surface area contributed by atoms with Crippen LogP contribution in [0.3, 0.4) is 0 Å². The van der Waals surface area contributed by atoms with E-state index in [2.05, 4.69) is 0 Å². The Hall–Kier alpha value is -3.09.